The molecule has 2 aromatic rings. The van der Waals surface area contributed by atoms with Crippen molar-refractivity contribution in [1.82, 2.24) is 5.32 Å². The minimum absolute atomic E-state index is 0.184. The van der Waals surface area contributed by atoms with Gasteiger partial charge in [-0.25, -0.2) is 0 Å². The number of carbonyl (C=O) groups is 1. The SMILES string of the molecule is C=CCOc1cccc(NC(=S)NC(=O)c2cc(Br)ccc2OCCC(C)C)c1. The Labute approximate surface area is 185 Å². The molecular weight excluding hydrogens is 452 g/mol. The summed E-state index contributed by atoms with van der Waals surface area (Å²) in [6.07, 6.45) is 2.57. The molecule has 7 heteroatoms. The summed E-state index contributed by atoms with van der Waals surface area (Å²) in [5.74, 6) is 1.37. The highest BCUT2D eigenvalue weighted by Crippen LogP contribution is 2.24. The molecule has 2 rings (SSSR count). The second kappa shape index (κ2) is 11.6. The summed E-state index contributed by atoms with van der Waals surface area (Å²) in [6.45, 7) is 8.83. The van der Waals surface area contributed by atoms with E-state index in [-0.39, 0.29) is 11.0 Å². The number of thiocarbonyl (C=S) groups is 1. The maximum absolute atomic E-state index is 12.7. The molecule has 0 fully saturated rings. The summed E-state index contributed by atoms with van der Waals surface area (Å²) in [6, 6.07) is 12.6. The van der Waals surface area contributed by atoms with Crippen molar-refractivity contribution >= 4 is 44.9 Å². The third-order valence-corrected chi connectivity index (χ3v) is 4.52. The van der Waals surface area contributed by atoms with E-state index in [1.54, 1.807) is 24.3 Å². The molecule has 1 amide bonds. The topological polar surface area (TPSA) is 59.6 Å². The lowest BCUT2D eigenvalue weighted by Gasteiger charge is -2.14. The van der Waals surface area contributed by atoms with E-state index in [0.29, 0.717) is 41.9 Å². The summed E-state index contributed by atoms with van der Waals surface area (Å²) < 4.78 is 12.1. The first-order valence-corrected chi connectivity index (χ1v) is 10.5. The normalized spacial score (nSPS) is 10.3. The van der Waals surface area contributed by atoms with E-state index < -0.39 is 0 Å². The third kappa shape index (κ3) is 7.87. The molecule has 0 unspecified atom stereocenters. The maximum Gasteiger partial charge on any atom is 0.261 e. The zero-order valence-corrected chi connectivity index (χ0v) is 18.9. The van der Waals surface area contributed by atoms with Crippen LogP contribution in [0.2, 0.25) is 0 Å². The Balaban J connectivity index is 2.03. The number of ether oxygens (including phenoxy) is 2. The van der Waals surface area contributed by atoms with Crippen LogP contribution in [0.15, 0.2) is 59.6 Å². The van der Waals surface area contributed by atoms with Crippen molar-refractivity contribution in [3.63, 3.8) is 0 Å². The van der Waals surface area contributed by atoms with E-state index in [9.17, 15) is 4.79 Å². The van der Waals surface area contributed by atoms with Gasteiger partial charge >= 0.3 is 0 Å². The zero-order chi connectivity index (χ0) is 21.2. The second-order valence-corrected chi connectivity index (χ2v) is 8.03. The minimum atomic E-state index is -0.345. The van der Waals surface area contributed by atoms with E-state index in [1.165, 1.54) is 0 Å². The van der Waals surface area contributed by atoms with Gasteiger partial charge < -0.3 is 14.8 Å². The summed E-state index contributed by atoms with van der Waals surface area (Å²) >= 11 is 8.69. The van der Waals surface area contributed by atoms with Crippen LogP contribution < -0.4 is 20.1 Å². The van der Waals surface area contributed by atoms with E-state index in [1.807, 2.05) is 24.3 Å². The molecule has 2 aromatic carbocycles. The third-order valence-electron chi connectivity index (χ3n) is 3.83. The van der Waals surface area contributed by atoms with Gasteiger partial charge in [-0.3, -0.25) is 10.1 Å². The lowest BCUT2D eigenvalue weighted by molar-refractivity contribution is 0.0973. The smallest absolute Gasteiger partial charge is 0.261 e. The molecule has 154 valence electrons. The summed E-state index contributed by atoms with van der Waals surface area (Å²) in [5.41, 5.74) is 1.12. The number of rotatable bonds is 9. The fraction of sp³-hybridized carbons (Fsp3) is 0.273. The van der Waals surface area contributed by atoms with Crippen molar-refractivity contribution in [3.8, 4) is 11.5 Å². The first-order valence-electron chi connectivity index (χ1n) is 9.27. The largest absolute Gasteiger partial charge is 0.493 e. The Hall–Kier alpha value is -2.38. The first kappa shape index (κ1) is 22.9. The highest BCUT2D eigenvalue weighted by Gasteiger charge is 2.15. The van der Waals surface area contributed by atoms with E-state index in [0.717, 1.165) is 10.9 Å². The van der Waals surface area contributed by atoms with E-state index in [4.69, 9.17) is 21.7 Å². The van der Waals surface area contributed by atoms with Crippen LogP contribution in [0.3, 0.4) is 0 Å². The molecule has 0 aliphatic carbocycles. The van der Waals surface area contributed by atoms with Crippen LogP contribution in [0, 0.1) is 5.92 Å². The highest BCUT2D eigenvalue weighted by molar-refractivity contribution is 9.10. The Kier molecular flexibility index (Phi) is 9.15. The van der Waals surface area contributed by atoms with Gasteiger partial charge in [0.15, 0.2) is 5.11 Å². The predicted molar refractivity (Wildman–Crippen MR) is 125 cm³/mol. The summed E-state index contributed by atoms with van der Waals surface area (Å²) in [5, 5.41) is 5.87. The van der Waals surface area contributed by atoms with Crippen molar-refractivity contribution in [2.45, 2.75) is 20.3 Å². The van der Waals surface area contributed by atoms with Crippen LogP contribution >= 0.6 is 28.1 Å². The number of carbonyl (C=O) groups excluding carboxylic acids is 1. The number of hydrogen-bond acceptors (Lipinski definition) is 4. The molecule has 0 bridgehead atoms. The number of hydrogen-bond donors (Lipinski definition) is 2. The van der Waals surface area contributed by atoms with Crippen molar-refractivity contribution < 1.29 is 14.3 Å². The number of anilines is 1. The van der Waals surface area contributed by atoms with Crippen LogP contribution in [-0.4, -0.2) is 24.2 Å². The Bertz CT molecular complexity index is 871. The second-order valence-electron chi connectivity index (χ2n) is 6.71. The van der Waals surface area contributed by atoms with Gasteiger partial charge in [0.2, 0.25) is 0 Å². The molecule has 2 N–H and O–H groups in total. The van der Waals surface area contributed by atoms with Gasteiger partial charge in [-0.1, -0.05) is 48.5 Å². The lowest BCUT2D eigenvalue weighted by atomic mass is 10.1. The number of benzene rings is 2. The van der Waals surface area contributed by atoms with Gasteiger partial charge in [-0.15, -0.1) is 0 Å². The van der Waals surface area contributed by atoms with Crippen LogP contribution in [0.1, 0.15) is 30.6 Å². The summed E-state index contributed by atoms with van der Waals surface area (Å²) in [7, 11) is 0. The van der Waals surface area contributed by atoms with Crippen molar-refractivity contribution in [3.05, 3.63) is 65.2 Å². The molecule has 0 atom stereocenters. The van der Waals surface area contributed by atoms with Gasteiger partial charge in [-0.05, 0) is 54.9 Å². The number of halogens is 1. The molecule has 0 aromatic heterocycles. The fourth-order valence-corrected chi connectivity index (χ4v) is 2.93. The van der Waals surface area contributed by atoms with Gasteiger partial charge in [0.05, 0.1) is 12.2 Å². The molecule has 0 heterocycles. The molecule has 0 spiro atoms. The molecule has 0 saturated heterocycles. The monoisotopic (exact) mass is 476 g/mol. The standard InChI is InChI=1S/C22H25BrN2O3S/c1-4-11-27-18-7-5-6-17(14-18)24-22(29)25-21(26)19-13-16(23)8-9-20(19)28-12-10-15(2)3/h4-9,13-15H,1,10-12H2,2-3H3,(H2,24,25,26,29). The highest BCUT2D eigenvalue weighted by atomic mass is 79.9. The van der Waals surface area contributed by atoms with Gasteiger partial charge in [0.25, 0.3) is 5.91 Å². The Morgan fingerprint density at radius 3 is 2.76 bits per heavy atom. The van der Waals surface area contributed by atoms with Gasteiger partial charge in [0, 0.05) is 16.2 Å². The number of amides is 1. The van der Waals surface area contributed by atoms with Crippen LogP contribution in [-0.2, 0) is 0 Å². The van der Waals surface area contributed by atoms with E-state index in [2.05, 4.69) is 47.0 Å². The lowest BCUT2D eigenvalue weighted by Crippen LogP contribution is -2.34. The first-order chi connectivity index (χ1) is 13.9. The van der Waals surface area contributed by atoms with E-state index >= 15 is 0 Å². The van der Waals surface area contributed by atoms with Gasteiger partial charge in [-0.2, -0.15) is 0 Å². The molecule has 5 nitrogen and oxygen atoms in total. The number of nitrogens with one attached hydrogen (secondary N) is 2. The molecule has 0 aliphatic rings. The van der Waals surface area contributed by atoms with Gasteiger partial charge in [0.1, 0.15) is 18.1 Å². The molecule has 29 heavy (non-hydrogen) atoms. The zero-order valence-electron chi connectivity index (χ0n) is 16.5. The maximum atomic E-state index is 12.7. The predicted octanol–water partition coefficient (Wildman–Crippen LogP) is 5.57. The molecule has 0 aliphatic heterocycles. The molecule has 0 radical (unpaired) electrons. The van der Waals surface area contributed by atoms with Crippen molar-refractivity contribution in [1.29, 1.82) is 0 Å². The van der Waals surface area contributed by atoms with Crippen LogP contribution in [0.4, 0.5) is 5.69 Å². The Morgan fingerprint density at radius 1 is 1.24 bits per heavy atom. The average molecular weight is 477 g/mol. The van der Waals surface area contributed by atoms with Crippen molar-refractivity contribution in [2.75, 3.05) is 18.5 Å². The summed E-state index contributed by atoms with van der Waals surface area (Å²) in [4.78, 5) is 12.7. The van der Waals surface area contributed by atoms with Crippen LogP contribution in [0.25, 0.3) is 0 Å². The minimum Gasteiger partial charge on any atom is -0.493 e. The molecule has 0 saturated carbocycles. The Morgan fingerprint density at radius 2 is 2.03 bits per heavy atom. The average Bonchev–Trinajstić information content (AvgIpc) is 2.67. The fourth-order valence-electron chi connectivity index (χ4n) is 2.36. The van der Waals surface area contributed by atoms with Crippen molar-refractivity contribution in [2.24, 2.45) is 5.92 Å². The van der Waals surface area contributed by atoms with Crippen LogP contribution in [0.5, 0.6) is 11.5 Å². The quantitative estimate of drug-likeness (QED) is 0.366. The molecular formula is C22H25BrN2O3S.